The van der Waals surface area contributed by atoms with Crippen LogP contribution in [0.5, 0.6) is 0 Å². The molecule has 0 aliphatic carbocycles. The summed E-state index contributed by atoms with van der Waals surface area (Å²) in [6.07, 6.45) is 3.97. The van der Waals surface area contributed by atoms with Crippen molar-refractivity contribution in [2.45, 2.75) is 4.90 Å². The number of halogens is 1. The van der Waals surface area contributed by atoms with Gasteiger partial charge in [0.15, 0.2) is 10.8 Å². The van der Waals surface area contributed by atoms with Gasteiger partial charge in [0, 0.05) is 13.2 Å². The van der Waals surface area contributed by atoms with Gasteiger partial charge in [-0.1, -0.05) is 11.6 Å². The predicted octanol–water partition coefficient (Wildman–Crippen LogP) is 0.541. The highest BCUT2D eigenvalue weighted by atomic mass is 35.5. The molecule has 3 heterocycles. The molecule has 3 rings (SSSR count). The molecule has 104 valence electrons. The summed E-state index contributed by atoms with van der Waals surface area (Å²) in [6.45, 7) is 0. The van der Waals surface area contributed by atoms with E-state index in [1.807, 2.05) is 0 Å². The Morgan fingerprint density at radius 1 is 1.40 bits per heavy atom. The number of aryl methyl sites for hydroxylation is 1. The van der Waals surface area contributed by atoms with Crippen LogP contribution in [0, 0.1) is 0 Å². The number of rotatable bonds is 3. The number of imidazole rings is 1. The van der Waals surface area contributed by atoms with E-state index >= 15 is 0 Å². The quantitative estimate of drug-likeness (QED) is 0.681. The molecule has 0 aliphatic heterocycles. The van der Waals surface area contributed by atoms with Gasteiger partial charge in [-0.15, -0.1) is 0 Å². The minimum atomic E-state index is -3.82. The molecule has 2 N–H and O–H groups in total. The first kappa shape index (κ1) is 12.8. The summed E-state index contributed by atoms with van der Waals surface area (Å²) in [5.74, 6) is -0.154. The van der Waals surface area contributed by atoms with Gasteiger partial charge < -0.3 is 4.98 Å². The van der Waals surface area contributed by atoms with Crippen molar-refractivity contribution in [2.75, 3.05) is 4.72 Å². The molecule has 0 aliphatic rings. The first-order chi connectivity index (χ1) is 9.45. The standard InChI is InChI=1S/C9H8ClN7O2S/c1-17-3-5(2-13-17)20(18,19)16-9-14-7(10)6-8(15-9)12-4-11-6/h2-4H,1H3,(H2,11,12,14,15,16). The van der Waals surface area contributed by atoms with Gasteiger partial charge in [-0.2, -0.15) is 15.1 Å². The predicted molar refractivity (Wildman–Crippen MR) is 70.7 cm³/mol. The Bertz CT molecular complexity index is 885. The van der Waals surface area contributed by atoms with Crippen LogP contribution < -0.4 is 4.72 Å². The molecule has 0 saturated heterocycles. The highest BCUT2D eigenvalue weighted by molar-refractivity contribution is 7.92. The van der Waals surface area contributed by atoms with Crippen LogP contribution in [-0.2, 0) is 17.1 Å². The highest BCUT2D eigenvalue weighted by Gasteiger charge is 2.19. The summed E-state index contributed by atoms with van der Waals surface area (Å²) in [5.41, 5.74) is 0.713. The SMILES string of the molecule is Cn1cc(S(=O)(=O)Nc2nc(Cl)c3[nH]cnc3n2)cn1. The minimum absolute atomic E-state index is 0.00171. The Labute approximate surface area is 118 Å². The van der Waals surface area contributed by atoms with Gasteiger partial charge in [-0.3, -0.25) is 4.68 Å². The van der Waals surface area contributed by atoms with Gasteiger partial charge >= 0.3 is 0 Å². The fourth-order valence-corrected chi connectivity index (χ4v) is 2.71. The molecule has 0 saturated carbocycles. The number of aromatic nitrogens is 6. The van der Waals surface area contributed by atoms with Crippen LogP contribution in [0.15, 0.2) is 23.6 Å². The highest BCUT2D eigenvalue weighted by Crippen LogP contribution is 2.20. The lowest BCUT2D eigenvalue weighted by atomic mass is 10.6. The van der Waals surface area contributed by atoms with Gasteiger partial charge in [-0.05, 0) is 0 Å². The van der Waals surface area contributed by atoms with E-state index in [0.29, 0.717) is 5.52 Å². The lowest BCUT2D eigenvalue weighted by Crippen LogP contribution is -2.14. The zero-order valence-corrected chi connectivity index (χ0v) is 11.6. The minimum Gasteiger partial charge on any atom is -0.341 e. The number of hydrogen-bond acceptors (Lipinski definition) is 6. The molecule has 0 atom stereocenters. The summed E-state index contributed by atoms with van der Waals surface area (Å²) in [7, 11) is -2.20. The second kappa shape index (κ2) is 4.42. The molecular formula is C9H8ClN7O2S. The summed E-state index contributed by atoms with van der Waals surface area (Å²) in [6, 6.07) is 0. The summed E-state index contributed by atoms with van der Waals surface area (Å²) >= 11 is 5.91. The number of fused-ring (bicyclic) bond motifs is 1. The van der Waals surface area contributed by atoms with Crippen LogP contribution in [0.4, 0.5) is 5.95 Å². The first-order valence-corrected chi connectivity index (χ1v) is 7.20. The molecular weight excluding hydrogens is 306 g/mol. The number of aromatic amines is 1. The second-order valence-corrected chi connectivity index (χ2v) is 5.93. The largest absolute Gasteiger partial charge is 0.341 e. The van der Waals surface area contributed by atoms with E-state index < -0.39 is 10.0 Å². The Balaban J connectivity index is 2.00. The van der Waals surface area contributed by atoms with Gasteiger partial charge in [0.1, 0.15) is 10.4 Å². The molecule has 3 aromatic rings. The summed E-state index contributed by atoms with van der Waals surface area (Å²) in [4.78, 5) is 14.5. The fourth-order valence-electron chi connectivity index (χ4n) is 1.56. The first-order valence-electron chi connectivity index (χ1n) is 5.34. The maximum atomic E-state index is 12.1. The van der Waals surface area contributed by atoms with E-state index in [1.54, 1.807) is 7.05 Å². The molecule has 0 unspecified atom stereocenters. The van der Waals surface area contributed by atoms with Crippen LogP contribution in [0.3, 0.4) is 0 Å². The zero-order chi connectivity index (χ0) is 14.3. The van der Waals surface area contributed by atoms with Crippen molar-refractivity contribution in [1.29, 1.82) is 0 Å². The second-order valence-electron chi connectivity index (χ2n) is 3.89. The number of sulfonamides is 1. The van der Waals surface area contributed by atoms with E-state index in [9.17, 15) is 8.42 Å². The van der Waals surface area contributed by atoms with Crippen molar-refractivity contribution in [2.24, 2.45) is 7.05 Å². The average Bonchev–Trinajstić information content (AvgIpc) is 2.97. The van der Waals surface area contributed by atoms with Crippen molar-refractivity contribution in [3.05, 3.63) is 23.9 Å². The number of hydrogen-bond donors (Lipinski definition) is 2. The van der Waals surface area contributed by atoms with Gasteiger partial charge in [0.05, 0.1) is 12.5 Å². The van der Waals surface area contributed by atoms with Crippen molar-refractivity contribution in [3.8, 4) is 0 Å². The Morgan fingerprint density at radius 3 is 2.90 bits per heavy atom. The molecule has 0 bridgehead atoms. The third-order valence-electron chi connectivity index (χ3n) is 2.46. The van der Waals surface area contributed by atoms with E-state index in [2.05, 4.69) is 29.8 Å². The molecule has 3 aromatic heterocycles. The summed E-state index contributed by atoms with van der Waals surface area (Å²) < 4.78 is 27.8. The van der Waals surface area contributed by atoms with E-state index in [0.717, 1.165) is 0 Å². The van der Waals surface area contributed by atoms with Crippen LogP contribution in [-0.4, -0.2) is 38.1 Å². The monoisotopic (exact) mass is 313 g/mol. The average molecular weight is 314 g/mol. The molecule has 9 nitrogen and oxygen atoms in total. The number of nitrogens with one attached hydrogen (secondary N) is 2. The summed E-state index contributed by atoms with van der Waals surface area (Å²) in [5, 5.41) is 3.88. The number of anilines is 1. The van der Waals surface area contributed by atoms with E-state index in [1.165, 1.54) is 23.4 Å². The van der Waals surface area contributed by atoms with Crippen LogP contribution >= 0.6 is 11.6 Å². The van der Waals surface area contributed by atoms with Crippen molar-refractivity contribution in [1.82, 2.24) is 29.7 Å². The molecule has 11 heteroatoms. The van der Waals surface area contributed by atoms with E-state index in [-0.39, 0.29) is 21.6 Å². The van der Waals surface area contributed by atoms with Gasteiger partial charge in [0.25, 0.3) is 10.0 Å². The third-order valence-corrected chi connectivity index (χ3v) is 4.01. The fraction of sp³-hybridized carbons (Fsp3) is 0.111. The lowest BCUT2D eigenvalue weighted by Gasteiger charge is -2.04. The Hall–Kier alpha value is -2.20. The van der Waals surface area contributed by atoms with Crippen molar-refractivity contribution in [3.63, 3.8) is 0 Å². The van der Waals surface area contributed by atoms with Crippen LogP contribution in [0.1, 0.15) is 0 Å². The molecule has 0 amide bonds. The van der Waals surface area contributed by atoms with Crippen molar-refractivity contribution < 1.29 is 8.42 Å². The van der Waals surface area contributed by atoms with Gasteiger partial charge in [-0.25, -0.2) is 18.1 Å². The number of H-pyrrole nitrogens is 1. The molecule has 0 aromatic carbocycles. The Morgan fingerprint density at radius 2 is 2.20 bits per heavy atom. The third kappa shape index (κ3) is 2.18. The maximum absolute atomic E-state index is 12.1. The zero-order valence-electron chi connectivity index (χ0n) is 10.1. The Kier molecular flexibility index (Phi) is 2.83. The normalized spacial score (nSPS) is 11.9. The lowest BCUT2D eigenvalue weighted by molar-refractivity contribution is 0.600. The molecule has 0 radical (unpaired) electrons. The molecule has 0 spiro atoms. The topological polar surface area (TPSA) is 118 Å². The van der Waals surface area contributed by atoms with Gasteiger partial charge in [0.2, 0.25) is 5.95 Å². The van der Waals surface area contributed by atoms with Crippen LogP contribution in [0.25, 0.3) is 11.2 Å². The van der Waals surface area contributed by atoms with E-state index in [4.69, 9.17) is 11.6 Å². The smallest absolute Gasteiger partial charge is 0.267 e. The molecule has 0 fully saturated rings. The number of nitrogens with zero attached hydrogens (tertiary/aromatic N) is 5. The maximum Gasteiger partial charge on any atom is 0.267 e. The van der Waals surface area contributed by atoms with Crippen molar-refractivity contribution >= 4 is 38.7 Å². The molecule has 20 heavy (non-hydrogen) atoms. The van der Waals surface area contributed by atoms with Crippen LogP contribution in [0.2, 0.25) is 5.15 Å².